The van der Waals surface area contributed by atoms with E-state index >= 15 is 0 Å². The zero-order valence-corrected chi connectivity index (χ0v) is 16.0. The number of rotatable bonds is 6. The van der Waals surface area contributed by atoms with Gasteiger partial charge in [-0.3, -0.25) is 9.52 Å². The molecule has 0 aliphatic carbocycles. The van der Waals surface area contributed by atoms with Gasteiger partial charge in [-0.2, -0.15) is 5.10 Å². The van der Waals surface area contributed by atoms with Gasteiger partial charge in [-0.05, 0) is 48.7 Å². The van der Waals surface area contributed by atoms with Gasteiger partial charge >= 0.3 is 0 Å². The number of anilines is 1. The topological polar surface area (TPSA) is 91.9 Å². The number of hydrogen-bond acceptors (Lipinski definition) is 4. The Balaban J connectivity index is 1.82. The van der Waals surface area contributed by atoms with Crippen LogP contribution in [0.4, 0.5) is 5.69 Å². The van der Waals surface area contributed by atoms with Gasteiger partial charge in [0.1, 0.15) is 0 Å². The van der Waals surface area contributed by atoms with Crippen LogP contribution in [0.3, 0.4) is 0 Å². The van der Waals surface area contributed by atoms with Crippen molar-refractivity contribution < 1.29 is 8.42 Å². The molecule has 3 aromatic rings. The minimum absolute atomic E-state index is 0.178. The standard InChI is InChI=1S/C20H21N3O3S/c1-3-16-6-4-5-7-19(16)23-27(25,26)18-10-8-15(9-11-18)13-17-12-14(2)21-22-20(17)24/h4-12,23H,3,13H2,1-2H3,(H,22,24). The van der Waals surface area contributed by atoms with Crippen LogP contribution in [0.2, 0.25) is 0 Å². The molecule has 2 N–H and O–H groups in total. The van der Waals surface area contributed by atoms with Crippen molar-refractivity contribution in [1.82, 2.24) is 10.2 Å². The maximum atomic E-state index is 12.7. The molecule has 0 aliphatic heterocycles. The molecule has 6 nitrogen and oxygen atoms in total. The van der Waals surface area contributed by atoms with Crippen LogP contribution in [0.15, 0.2) is 64.3 Å². The molecular weight excluding hydrogens is 362 g/mol. The Morgan fingerprint density at radius 1 is 1.04 bits per heavy atom. The van der Waals surface area contributed by atoms with Crippen LogP contribution >= 0.6 is 0 Å². The molecule has 0 saturated carbocycles. The fraction of sp³-hybridized carbons (Fsp3) is 0.200. The highest BCUT2D eigenvalue weighted by atomic mass is 32.2. The monoisotopic (exact) mass is 383 g/mol. The largest absolute Gasteiger partial charge is 0.279 e. The molecule has 0 fully saturated rings. The van der Waals surface area contributed by atoms with Crippen molar-refractivity contribution in [3.8, 4) is 0 Å². The molecule has 0 amide bonds. The third-order valence-electron chi connectivity index (χ3n) is 4.28. The zero-order valence-electron chi connectivity index (χ0n) is 15.2. The second kappa shape index (κ2) is 7.75. The van der Waals surface area contributed by atoms with Crippen LogP contribution in [0.25, 0.3) is 0 Å². The summed E-state index contributed by atoms with van der Waals surface area (Å²) in [6.07, 6.45) is 1.14. The Morgan fingerprint density at radius 3 is 2.44 bits per heavy atom. The van der Waals surface area contributed by atoms with Gasteiger partial charge in [0, 0.05) is 12.0 Å². The third kappa shape index (κ3) is 4.43. The van der Waals surface area contributed by atoms with Gasteiger partial charge < -0.3 is 0 Å². The normalized spacial score (nSPS) is 11.3. The molecule has 0 saturated heterocycles. The van der Waals surface area contributed by atoms with Crippen molar-refractivity contribution in [1.29, 1.82) is 0 Å². The molecule has 0 bridgehead atoms. The average molecular weight is 383 g/mol. The van der Waals surface area contributed by atoms with Crippen molar-refractivity contribution in [3.05, 3.63) is 87.3 Å². The van der Waals surface area contributed by atoms with Crippen molar-refractivity contribution >= 4 is 15.7 Å². The number of nitrogens with one attached hydrogen (secondary N) is 2. The Kier molecular flexibility index (Phi) is 5.41. The third-order valence-corrected chi connectivity index (χ3v) is 5.66. The summed E-state index contributed by atoms with van der Waals surface area (Å²) in [6.45, 7) is 3.78. The number of sulfonamides is 1. The molecule has 0 spiro atoms. The number of nitrogens with zero attached hydrogens (tertiary/aromatic N) is 1. The van der Waals surface area contributed by atoms with E-state index in [0.717, 1.165) is 23.2 Å². The first-order valence-corrected chi connectivity index (χ1v) is 10.1. The van der Waals surface area contributed by atoms with Gasteiger partial charge in [-0.1, -0.05) is 37.3 Å². The van der Waals surface area contributed by atoms with Crippen LogP contribution in [-0.2, 0) is 22.9 Å². The van der Waals surface area contributed by atoms with Gasteiger partial charge in [-0.25, -0.2) is 13.5 Å². The second-order valence-corrected chi connectivity index (χ2v) is 7.98. The summed E-state index contributed by atoms with van der Waals surface area (Å²) < 4.78 is 28.0. The van der Waals surface area contributed by atoms with Gasteiger partial charge in [-0.15, -0.1) is 0 Å². The highest BCUT2D eigenvalue weighted by molar-refractivity contribution is 7.92. The molecule has 140 valence electrons. The van der Waals surface area contributed by atoms with E-state index in [2.05, 4.69) is 14.9 Å². The van der Waals surface area contributed by atoms with E-state index in [-0.39, 0.29) is 10.5 Å². The summed E-state index contributed by atoms with van der Waals surface area (Å²) in [5, 5.41) is 6.31. The summed E-state index contributed by atoms with van der Waals surface area (Å²) in [7, 11) is -3.68. The molecule has 0 unspecified atom stereocenters. The molecule has 0 aliphatic rings. The van der Waals surface area contributed by atoms with E-state index in [4.69, 9.17) is 0 Å². The number of aromatic nitrogens is 2. The first-order chi connectivity index (χ1) is 12.9. The number of benzene rings is 2. The van der Waals surface area contributed by atoms with Gasteiger partial charge in [0.25, 0.3) is 15.6 Å². The van der Waals surface area contributed by atoms with E-state index in [0.29, 0.717) is 17.7 Å². The highest BCUT2D eigenvalue weighted by Gasteiger charge is 2.15. The van der Waals surface area contributed by atoms with Crippen LogP contribution in [0.1, 0.15) is 29.3 Å². The zero-order chi connectivity index (χ0) is 19.4. The fourth-order valence-corrected chi connectivity index (χ4v) is 3.93. The minimum Gasteiger partial charge on any atom is -0.279 e. The molecule has 0 radical (unpaired) electrons. The molecular formula is C20H21N3O3S. The van der Waals surface area contributed by atoms with E-state index in [1.165, 1.54) is 0 Å². The number of H-pyrrole nitrogens is 1. The molecule has 1 aromatic heterocycles. The van der Waals surface area contributed by atoms with E-state index in [9.17, 15) is 13.2 Å². The first kappa shape index (κ1) is 18.8. The molecule has 3 rings (SSSR count). The fourth-order valence-electron chi connectivity index (χ4n) is 2.83. The summed E-state index contributed by atoms with van der Waals surface area (Å²) in [6, 6.07) is 15.6. The van der Waals surface area contributed by atoms with Crippen molar-refractivity contribution in [2.24, 2.45) is 0 Å². The smallest absolute Gasteiger partial charge is 0.267 e. The second-order valence-electron chi connectivity index (χ2n) is 6.30. The number of aromatic amines is 1. The van der Waals surface area contributed by atoms with Crippen molar-refractivity contribution in [3.63, 3.8) is 0 Å². The van der Waals surface area contributed by atoms with E-state index in [1.807, 2.05) is 19.1 Å². The Morgan fingerprint density at radius 2 is 1.74 bits per heavy atom. The summed E-state index contributed by atoms with van der Waals surface area (Å²) in [5.74, 6) is 0. The maximum absolute atomic E-state index is 12.7. The molecule has 0 atom stereocenters. The van der Waals surface area contributed by atoms with E-state index < -0.39 is 10.0 Å². The maximum Gasteiger partial charge on any atom is 0.267 e. The number of para-hydroxylation sites is 1. The van der Waals surface area contributed by atoms with Crippen LogP contribution in [0, 0.1) is 6.92 Å². The quantitative estimate of drug-likeness (QED) is 0.684. The summed E-state index contributed by atoms with van der Waals surface area (Å²) >= 11 is 0. The SMILES string of the molecule is CCc1ccccc1NS(=O)(=O)c1ccc(Cc2cc(C)n[nH]c2=O)cc1. The first-order valence-electron chi connectivity index (χ1n) is 8.64. The lowest BCUT2D eigenvalue weighted by molar-refractivity contribution is 0.601. The summed E-state index contributed by atoms with van der Waals surface area (Å²) in [5.41, 5.74) is 3.44. The van der Waals surface area contributed by atoms with Gasteiger partial charge in [0.15, 0.2) is 0 Å². The molecule has 2 aromatic carbocycles. The van der Waals surface area contributed by atoms with E-state index in [1.54, 1.807) is 49.4 Å². The Bertz CT molecular complexity index is 1100. The lowest BCUT2D eigenvalue weighted by Gasteiger charge is -2.12. The number of hydrogen-bond donors (Lipinski definition) is 2. The van der Waals surface area contributed by atoms with Crippen molar-refractivity contribution in [2.45, 2.75) is 31.6 Å². The molecule has 27 heavy (non-hydrogen) atoms. The highest BCUT2D eigenvalue weighted by Crippen LogP contribution is 2.21. The van der Waals surface area contributed by atoms with Crippen LogP contribution < -0.4 is 10.3 Å². The lowest BCUT2D eigenvalue weighted by atomic mass is 10.1. The predicted molar refractivity (Wildman–Crippen MR) is 105 cm³/mol. The predicted octanol–water partition coefficient (Wildman–Crippen LogP) is 3.03. The number of aryl methyl sites for hydroxylation is 2. The van der Waals surface area contributed by atoms with Crippen LogP contribution in [-0.4, -0.2) is 18.6 Å². The molecule has 7 heteroatoms. The summed E-state index contributed by atoms with van der Waals surface area (Å²) in [4.78, 5) is 12.0. The Hall–Kier alpha value is -2.93. The van der Waals surface area contributed by atoms with Gasteiger partial charge in [0.05, 0.1) is 16.3 Å². The Labute approximate surface area is 158 Å². The van der Waals surface area contributed by atoms with Gasteiger partial charge in [0.2, 0.25) is 0 Å². The minimum atomic E-state index is -3.68. The lowest BCUT2D eigenvalue weighted by Crippen LogP contribution is -2.15. The van der Waals surface area contributed by atoms with Crippen LogP contribution in [0.5, 0.6) is 0 Å². The van der Waals surface area contributed by atoms with Crippen molar-refractivity contribution in [2.75, 3.05) is 4.72 Å². The average Bonchev–Trinajstić information content (AvgIpc) is 2.65. The molecule has 1 heterocycles.